The van der Waals surface area contributed by atoms with Crippen molar-refractivity contribution < 1.29 is 26.4 Å². The summed E-state index contributed by atoms with van der Waals surface area (Å²) in [5.74, 6) is 0.533. The number of unbranched alkanes of at least 4 members (excludes halogenated alkanes) is 7. The van der Waals surface area contributed by atoms with Crippen molar-refractivity contribution in [3.05, 3.63) is 29.8 Å². The largest absolute Gasteiger partial charge is 2.00 e. The average Bonchev–Trinajstić information content (AvgIpc) is 2.67. The summed E-state index contributed by atoms with van der Waals surface area (Å²) in [6.07, 6.45) is 15.2. The molecule has 0 aromatic heterocycles. The molecule has 0 aliphatic carbocycles. The fourth-order valence-corrected chi connectivity index (χ4v) is 4.10. The van der Waals surface area contributed by atoms with Gasteiger partial charge in [0.15, 0.2) is 0 Å². The minimum Gasteiger partial charge on any atom is -0.141 e. The van der Waals surface area contributed by atoms with Crippen LogP contribution in [0.4, 0.5) is 0 Å². The summed E-state index contributed by atoms with van der Waals surface area (Å²) in [4.78, 5) is 0. The zero-order valence-corrected chi connectivity index (χ0v) is 19.9. The van der Waals surface area contributed by atoms with Crippen molar-refractivity contribution in [3.8, 4) is 0 Å². The van der Waals surface area contributed by atoms with Gasteiger partial charge in [-0.3, -0.25) is 0 Å². The van der Waals surface area contributed by atoms with Crippen molar-refractivity contribution in [1.82, 2.24) is 0 Å². The molecular weight excluding hydrogens is 391 g/mol. The first kappa shape index (κ1) is 26.8. The summed E-state index contributed by atoms with van der Waals surface area (Å²) in [7, 11) is -1.72. The molecule has 0 saturated carbocycles. The van der Waals surface area contributed by atoms with Crippen LogP contribution in [0.25, 0.3) is 0 Å². The summed E-state index contributed by atoms with van der Waals surface area (Å²) in [6.45, 7) is 7.28. The minimum atomic E-state index is -1.72. The van der Waals surface area contributed by atoms with E-state index in [9.17, 15) is 4.57 Å². The van der Waals surface area contributed by atoms with Crippen LogP contribution in [0.5, 0.6) is 0 Å². The first-order valence-electron chi connectivity index (χ1n) is 10.9. The van der Waals surface area contributed by atoms with Gasteiger partial charge in [-0.05, 0) is 47.4 Å². The Morgan fingerprint density at radius 1 is 0.852 bits per heavy atom. The molecule has 0 radical (unpaired) electrons. The third kappa shape index (κ3) is 12.8. The molecule has 0 fully saturated rings. The molecular formula is C23H40CrO2P+3. The van der Waals surface area contributed by atoms with Gasteiger partial charge in [0.05, 0.1) is 0 Å². The zero-order valence-electron chi connectivity index (χ0n) is 17.8. The SMILES string of the molecule is CCCCCCCCCc1ccc([P+](=O)OCC(CC)CCCC)cc1.[Cr+2]. The Bertz CT molecular complexity index is 476. The molecule has 2 nitrogen and oxygen atoms in total. The van der Waals surface area contributed by atoms with Crippen molar-refractivity contribution in [2.75, 3.05) is 6.61 Å². The van der Waals surface area contributed by atoms with Gasteiger partial charge in [-0.2, -0.15) is 0 Å². The molecule has 1 aromatic carbocycles. The predicted molar refractivity (Wildman–Crippen MR) is 115 cm³/mol. The van der Waals surface area contributed by atoms with Crippen LogP contribution in [0.1, 0.15) is 97.0 Å². The summed E-state index contributed by atoms with van der Waals surface area (Å²) < 4.78 is 18.0. The Hall–Kier alpha value is -0.188. The molecule has 1 rings (SSSR count). The minimum absolute atomic E-state index is 0. The molecule has 4 heteroatoms. The molecule has 0 bridgehead atoms. The maximum Gasteiger partial charge on any atom is 2.00 e. The Morgan fingerprint density at radius 2 is 1.44 bits per heavy atom. The van der Waals surface area contributed by atoms with Gasteiger partial charge in [-0.1, -0.05) is 90.7 Å². The van der Waals surface area contributed by atoms with Gasteiger partial charge >= 0.3 is 25.4 Å². The topological polar surface area (TPSA) is 26.3 Å². The van der Waals surface area contributed by atoms with E-state index in [1.165, 1.54) is 69.8 Å². The van der Waals surface area contributed by atoms with Crippen LogP contribution < -0.4 is 5.30 Å². The van der Waals surface area contributed by atoms with Crippen molar-refractivity contribution in [3.63, 3.8) is 0 Å². The molecule has 2 unspecified atom stereocenters. The normalized spacial score (nSPS) is 12.5. The van der Waals surface area contributed by atoms with E-state index >= 15 is 0 Å². The second-order valence-corrected chi connectivity index (χ2v) is 8.80. The van der Waals surface area contributed by atoms with Gasteiger partial charge in [0.25, 0.3) is 0 Å². The predicted octanol–water partition coefficient (Wildman–Crippen LogP) is 7.58. The molecule has 152 valence electrons. The Labute approximate surface area is 179 Å². The van der Waals surface area contributed by atoms with Gasteiger partial charge in [-0.15, -0.1) is 4.52 Å². The fourth-order valence-electron chi connectivity index (χ4n) is 3.22. The van der Waals surface area contributed by atoms with Crippen molar-refractivity contribution >= 4 is 13.3 Å². The second-order valence-electron chi connectivity index (χ2n) is 7.51. The van der Waals surface area contributed by atoms with Crippen LogP contribution in [-0.2, 0) is 32.9 Å². The first-order valence-corrected chi connectivity index (χ1v) is 12.1. The van der Waals surface area contributed by atoms with E-state index < -0.39 is 8.03 Å². The summed E-state index contributed by atoms with van der Waals surface area (Å²) >= 11 is 0. The maximum atomic E-state index is 12.4. The van der Waals surface area contributed by atoms with Crippen LogP contribution in [0.2, 0.25) is 0 Å². The van der Waals surface area contributed by atoms with Gasteiger partial charge in [0.2, 0.25) is 5.30 Å². The molecule has 0 aliphatic heterocycles. The van der Waals surface area contributed by atoms with E-state index in [0.29, 0.717) is 12.5 Å². The van der Waals surface area contributed by atoms with Gasteiger partial charge < -0.3 is 0 Å². The summed E-state index contributed by atoms with van der Waals surface area (Å²) in [5, 5.41) is 0.827. The Kier molecular flexibility index (Phi) is 17.8. The quantitative estimate of drug-likeness (QED) is 0.199. The van der Waals surface area contributed by atoms with Gasteiger partial charge in [0, 0.05) is 0 Å². The van der Waals surface area contributed by atoms with E-state index in [1.807, 2.05) is 12.1 Å². The first-order chi connectivity index (χ1) is 12.7. The Balaban J connectivity index is 0.00000676. The maximum absolute atomic E-state index is 12.4. The number of benzene rings is 1. The van der Waals surface area contributed by atoms with Gasteiger partial charge in [0.1, 0.15) is 6.61 Å². The van der Waals surface area contributed by atoms with Crippen LogP contribution >= 0.6 is 8.03 Å². The number of rotatable bonds is 16. The van der Waals surface area contributed by atoms with Crippen molar-refractivity contribution in [2.45, 2.75) is 97.8 Å². The summed E-state index contributed by atoms with van der Waals surface area (Å²) in [5.41, 5.74) is 1.35. The molecule has 0 aliphatic rings. The van der Waals surface area contributed by atoms with E-state index in [-0.39, 0.29) is 17.4 Å². The van der Waals surface area contributed by atoms with Crippen molar-refractivity contribution in [2.24, 2.45) is 5.92 Å². The van der Waals surface area contributed by atoms with E-state index in [1.54, 1.807) is 0 Å². The molecule has 0 amide bonds. The average molecular weight is 432 g/mol. The van der Waals surface area contributed by atoms with E-state index in [0.717, 1.165) is 18.1 Å². The van der Waals surface area contributed by atoms with Crippen LogP contribution in [0.15, 0.2) is 24.3 Å². The van der Waals surface area contributed by atoms with Crippen LogP contribution in [-0.4, -0.2) is 6.61 Å². The van der Waals surface area contributed by atoms with Gasteiger partial charge in [-0.25, -0.2) is 0 Å². The Morgan fingerprint density at radius 3 is 2.04 bits per heavy atom. The molecule has 1 aromatic rings. The smallest absolute Gasteiger partial charge is 0.141 e. The number of hydrogen-bond donors (Lipinski definition) is 0. The molecule has 2 atom stereocenters. The fraction of sp³-hybridized carbons (Fsp3) is 0.739. The molecule has 27 heavy (non-hydrogen) atoms. The second kappa shape index (κ2) is 17.9. The third-order valence-corrected chi connectivity index (χ3v) is 6.29. The molecule has 0 N–H and O–H groups in total. The van der Waals surface area contributed by atoms with E-state index in [4.69, 9.17) is 4.52 Å². The van der Waals surface area contributed by atoms with Crippen LogP contribution in [0.3, 0.4) is 0 Å². The monoisotopic (exact) mass is 431 g/mol. The standard InChI is InChI=1S/C23H40O2P.Cr/c1-4-7-9-10-11-12-13-15-22-16-18-23(19-17-22)26(24)25-20-21(6-3)14-8-5-2;/h16-19,21H,4-15,20H2,1-3H3;/q+1;+2. The number of hydrogen-bond acceptors (Lipinski definition) is 2. The number of aryl methyl sites for hydroxylation is 1. The summed E-state index contributed by atoms with van der Waals surface area (Å²) in [6, 6.07) is 8.22. The molecule has 0 spiro atoms. The van der Waals surface area contributed by atoms with Crippen molar-refractivity contribution in [1.29, 1.82) is 0 Å². The zero-order chi connectivity index (χ0) is 19.0. The molecule has 0 heterocycles. The molecule has 0 saturated heterocycles. The van der Waals surface area contributed by atoms with E-state index in [2.05, 4.69) is 32.9 Å². The third-order valence-electron chi connectivity index (χ3n) is 5.19. The van der Waals surface area contributed by atoms with Crippen LogP contribution in [0, 0.1) is 5.92 Å².